The molecule has 0 bridgehead atoms. The van der Waals surface area contributed by atoms with Crippen molar-refractivity contribution in [3.63, 3.8) is 0 Å². The van der Waals surface area contributed by atoms with Gasteiger partial charge in [-0.3, -0.25) is 14.9 Å². The number of carbonyl (C=O) groups is 2. The van der Waals surface area contributed by atoms with Crippen LogP contribution in [0, 0.1) is 10.1 Å². The third kappa shape index (κ3) is 6.66. The van der Waals surface area contributed by atoms with Crippen LogP contribution in [0.3, 0.4) is 0 Å². The molecule has 0 saturated heterocycles. The molecule has 2 N–H and O–H groups in total. The number of non-ortho nitro benzene ring substituents is 1. The fourth-order valence-corrected chi connectivity index (χ4v) is 3.11. The number of benzene rings is 3. The molecule has 0 aromatic heterocycles. The zero-order valence-electron chi connectivity index (χ0n) is 17.1. The minimum Gasteiger partial charge on any atom is -0.489 e. The van der Waals surface area contributed by atoms with Crippen molar-refractivity contribution in [1.82, 2.24) is 5.32 Å². The highest BCUT2D eigenvalue weighted by Gasteiger charge is 2.21. The van der Waals surface area contributed by atoms with E-state index in [2.05, 4.69) is 5.32 Å². The molecule has 0 aliphatic rings. The van der Waals surface area contributed by atoms with Gasteiger partial charge in [-0.2, -0.15) is 0 Å². The molecule has 1 atom stereocenters. The van der Waals surface area contributed by atoms with Gasteiger partial charge >= 0.3 is 5.97 Å². The predicted molar refractivity (Wildman–Crippen MR) is 117 cm³/mol. The fraction of sp³-hybridized carbons (Fsp3) is 0.167. The molecule has 0 fully saturated rings. The first kappa shape index (κ1) is 22.5. The number of ether oxygens (including phenoxy) is 1. The fourth-order valence-electron chi connectivity index (χ4n) is 3.11. The molecule has 8 heteroatoms. The highest BCUT2D eigenvalue weighted by atomic mass is 16.6. The minimum atomic E-state index is -1.17. The monoisotopic (exact) mass is 434 g/mol. The molecule has 1 amide bonds. The molecule has 3 aromatic carbocycles. The van der Waals surface area contributed by atoms with Crippen LogP contribution in [0.2, 0.25) is 0 Å². The Bertz CT molecular complexity index is 1080. The summed E-state index contributed by atoms with van der Waals surface area (Å²) in [5.41, 5.74) is 2.06. The summed E-state index contributed by atoms with van der Waals surface area (Å²) in [6.07, 6.45) is -0.0628. The number of carboxylic acids is 1. The van der Waals surface area contributed by atoms with Crippen molar-refractivity contribution in [2.75, 3.05) is 0 Å². The molecule has 0 unspecified atom stereocenters. The maximum atomic E-state index is 12.3. The van der Waals surface area contributed by atoms with E-state index in [9.17, 15) is 24.8 Å². The van der Waals surface area contributed by atoms with Gasteiger partial charge in [-0.25, -0.2) is 4.79 Å². The third-order valence-corrected chi connectivity index (χ3v) is 4.73. The Hall–Kier alpha value is -4.20. The summed E-state index contributed by atoms with van der Waals surface area (Å²) in [6.45, 7) is 0.422. The first-order chi connectivity index (χ1) is 15.4. The number of nitrogens with one attached hydrogen (secondary N) is 1. The van der Waals surface area contributed by atoms with E-state index in [1.165, 1.54) is 18.2 Å². The van der Waals surface area contributed by atoms with Crippen molar-refractivity contribution in [1.29, 1.82) is 0 Å². The average molecular weight is 434 g/mol. The number of rotatable bonds is 10. The van der Waals surface area contributed by atoms with Crippen molar-refractivity contribution in [3.8, 4) is 5.75 Å². The van der Waals surface area contributed by atoms with E-state index in [-0.39, 0.29) is 18.5 Å². The van der Waals surface area contributed by atoms with Crippen LogP contribution in [-0.4, -0.2) is 27.9 Å². The van der Waals surface area contributed by atoms with Gasteiger partial charge < -0.3 is 15.2 Å². The quantitative estimate of drug-likeness (QED) is 0.372. The Morgan fingerprint density at radius 2 is 1.62 bits per heavy atom. The SMILES string of the molecule is O=C(Cc1cccc([N+](=O)[O-])c1)N[C@H](Cc1ccc(OCc2ccccc2)cc1)C(=O)O. The zero-order valence-corrected chi connectivity index (χ0v) is 17.1. The van der Waals surface area contributed by atoms with Crippen molar-refractivity contribution >= 4 is 17.6 Å². The molecule has 0 radical (unpaired) electrons. The van der Waals surface area contributed by atoms with E-state index in [0.717, 1.165) is 11.1 Å². The van der Waals surface area contributed by atoms with Crippen LogP contribution in [0.1, 0.15) is 16.7 Å². The van der Waals surface area contributed by atoms with Crippen LogP contribution >= 0.6 is 0 Å². The van der Waals surface area contributed by atoms with E-state index < -0.39 is 22.8 Å². The summed E-state index contributed by atoms with van der Waals surface area (Å²) in [6, 6.07) is 21.3. The topological polar surface area (TPSA) is 119 Å². The number of hydrogen-bond acceptors (Lipinski definition) is 5. The van der Waals surface area contributed by atoms with Crippen LogP contribution in [0.15, 0.2) is 78.9 Å². The standard InChI is InChI=1S/C24H22N2O6/c27-23(15-19-7-4-8-20(13-19)26(30)31)25-22(24(28)29)14-17-9-11-21(12-10-17)32-16-18-5-2-1-3-6-18/h1-13,22H,14-16H2,(H,25,27)(H,28,29)/t22-/m1/s1. The first-order valence-electron chi connectivity index (χ1n) is 9.92. The molecule has 3 rings (SSSR count). The second-order valence-electron chi connectivity index (χ2n) is 7.18. The number of amides is 1. The van der Waals surface area contributed by atoms with Gasteiger partial charge in [-0.05, 0) is 28.8 Å². The summed E-state index contributed by atoms with van der Waals surface area (Å²) in [7, 11) is 0. The second kappa shape index (κ2) is 10.7. The Morgan fingerprint density at radius 1 is 0.938 bits per heavy atom. The first-order valence-corrected chi connectivity index (χ1v) is 9.92. The van der Waals surface area contributed by atoms with E-state index in [1.807, 2.05) is 30.3 Å². The molecule has 32 heavy (non-hydrogen) atoms. The van der Waals surface area contributed by atoms with Gasteiger partial charge in [0.2, 0.25) is 5.91 Å². The summed E-state index contributed by atoms with van der Waals surface area (Å²) in [5.74, 6) is -1.04. The van der Waals surface area contributed by atoms with E-state index in [1.54, 1.807) is 30.3 Å². The lowest BCUT2D eigenvalue weighted by Crippen LogP contribution is -2.43. The van der Waals surface area contributed by atoms with Gasteiger partial charge in [-0.15, -0.1) is 0 Å². The predicted octanol–water partition coefficient (Wildman–Crippen LogP) is 3.53. The van der Waals surface area contributed by atoms with Gasteiger partial charge in [0.1, 0.15) is 18.4 Å². The molecule has 0 spiro atoms. The van der Waals surface area contributed by atoms with Gasteiger partial charge in [-0.1, -0.05) is 54.6 Å². The van der Waals surface area contributed by atoms with E-state index >= 15 is 0 Å². The highest BCUT2D eigenvalue weighted by Crippen LogP contribution is 2.16. The lowest BCUT2D eigenvalue weighted by molar-refractivity contribution is -0.384. The number of nitrogens with zero attached hydrogens (tertiary/aromatic N) is 1. The molecule has 0 saturated carbocycles. The molecule has 3 aromatic rings. The lowest BCUT2D eigenvalue weighted by atomic mass is 10.0. The Balaban J connectivity index is 1.56. The Morgan fingerprint density at radius 3 is 2.28 bits per heavy atom. The van der Waals surface area contributed by atoms with Crippen molar-refractivity contribution in [2.45, 2.75) is 25.5 Å². The maximum absolute atomic E-state index is 12.3. The largest absolute Gasteiger partial charge is 0.489 e. The van der Waals surface area contributed by atoms with E-state index in [0.29, 0.717) is 17.9 Å². The second-order valence-corrected chi connectivity index (χ2v) is 7.18. The van der Waals surface area contributed by atoms with Crippen LogP contribution in [-0.2, 0) is 29.0 Å². The summed E-state index contributed by atoms with van der Waals surface area (Å²) >= 11 is 0. The average Bonchev–Trinajstić information content (AvgIpc) is 2.79. The van der Waals surface area contributed by atoms with Crippen LogP contribution in [0.5, 0.6) is 5.75 Å². The van der Waals surface area contributed by atoms with Crippen LogP contribution in [0.4, 0.5) is 5.69 Å². The number of carboxylic acid groups (broad SMARTS) is 1. The summed E-state index contributed by atoms with van der Waals surface area (Å²) in [5, 5.41) is 22.9. The summed E-state index contributed by atoms with van der Waals surface area (Å²) in [4.78, 5) is 34.3. The van der Waals surface area contributed by atoms with Gasteiger partial charge in [0.15, 0.2) is 0 Å². The summed E-state index contributed by atoms with van der Waals surface area (Å²) < 4.78 is 5.72. The third-order valence-electron chi connectivity index (χ3n) is 4.73. The number of hydrogen-bond donors (Lipinski definition) is 2. The number of aliphatic carboxylic acids is 1. The molecular formula is C24H22N2O6. The van der Waals surface area contributed by atoms with Crippen LogP contribution < -0.4 is 10.1 Å². The Kier molecular flexibility index (Phi) is 7.53. The Labute approximate surface area is 184 Å². The normalized spacial score (nSPS) is 11.4. The molecule has 164 valence electrons. The number of nitro benzene ring substituents is 1. The highest BCUT2D eigenvalue weighted by molar-refractivity contribution is 5.85. The molecule has 0 heterocycles. The van der Waals surface area contributed by atoms with Crippen molar-refractivity contribution < 1.29 is 24.4 Å². The zero-order chi connectivity index (χ0) is 22.9. The lowest BCUT2D eigenvalue weighted by Gasteiger charge is -2.15. The van der Waals surface area contributed by atoms with Gasteiger partial charge in [0.05, 0.1) is 11.3 Å². The number of nitro groups is 1. The van der Waals surface area contributed by atoms with Gasteiger partial charge in [0, 0.05) is 18.6 Å². The molecule has 0 aliphatic heterocycles. The molecular weight excluding hydrogens is 412 g/mol. The van der Waals surface area contributed by atoms with Crippen molar-refractivity contribution in [2.24, 2.45) is 0 Å². The smallest absolute Gasteiger partial charge is 0.326 e. The molecule has 0 aliphatic carbocycles. The van der Waals surface area contributed by atoms with Crippen LogP contribution in [0.25, 0.3) is 0 Å². The minimum absolute atomic E-state index is 0.0922. The van der Waals surface area contributed by atoms with E-state index in [4.69, 9.17) is 4.74 Å². The van der Waals surface area contributed by atoms with Crippen molar-refractivity contribution in [3.05, 3.63) is 106 Å². The maximum Gasteiger partial charge on any atom is 0.326 e. The molecule has 8 nitrogen and oxygen atoms in total. The number of carbonyl (C=O) groups excluding carboxylic acids is 1. The van der Waals surface area contributed by atoms with Gasteiger partial charge in [0.25, 0.3) is 5.69 Å².